The molecule has 0 aromatic rings. The molecule has 1 amide bonds. The molecule has 0 spiro atoms. The molecule has 1 radical (unpaired) electrons. The van der Waals surface area contributed by atoms with E-state index in [-0.39, 0.29) is 56.8 Å². The third-order valence-electron chi connectivity index (χ3n) is 1.55. The second kappa shape index (κ2) is 8.56. The summed E-state index contributed by atoms with van der Waals surface area (Å²) >= 11 is 0. The first kappa shape index (κ1) is 15.4. The van der Waals surface area contributed by atoms with Gasteiger partial charge in [-0.25, -0.2) is 6.54 Å². The van der Waals surface area contributed by atoms with Crippen LogP contribution in [0, 0.1) is 12.5 Å². The van der Waals surface area contributed by atoms with Crippen LogP contribution in [0.5, 0.6) is 0 Å². The van der Waals surface area contributed by atoms with Crippen LogP contribution in [0.3, 0.4) is 0 Å². The number of nitrogens with one attached hydrogen (secondary N) is 1. The van der Waals surface area contributed by atoms with Gasteiger partial charge in [0.05, 0.1) is 6.61 Å². The fraction of sp³-hybridized carbons (Fsp3) is 0.714. The monoisotopic (exact) mass is 265 g/mol. The topological polar surface area (TPSA) is 49.3 Å². The van der Waals surface area contributed by atoms with E-state index in [2.05, 4.69) is 14.6 Å². The zero-order valence-electron chi connectivity index (χ0n) is 7.45. The molecule has 0 fully saturated rings. The zero-order chi connectivity index (χ0) is 8.85. The van der Waals surface area contributed by atoms with Crippen molar-refractivity contribution in [1.29, 1.82) is 0 Å². The number of hydrogen-bond acceptors (Lipinski definition) is 2. The van der Waals surface area contributed by atoms with Gasteiger partial charge in [-0.3, -0.25) is 4.79 Å². The van der Waals surface area contributed by atoms with E-state index in [0.29, 0.717) is 0 Å². The van der Waals surface area contributed by atoms with Gasteiger partial charge in [-0.15, -0.1) is 9.24 Å². The molecule has 12 heavy (non-hydrogen) atoms. The third-order valence-corrected chi connectivity index (χ3v) is 2.34. The minimum atomic E-state index is -0.166. The summed E-state index contributed by atoms with van der Waals surface area (Å²) in [5, 5.41) is 11.3. The average molecular weight is 265 g/mol. The molecule has 0 saturated carbocycles. The molecule has 0 aliphatic heterocycles. The Kier molecular flexibility index (Phi) is 11.0. The van der Waals surface area contributed by atoms with Crippen LogP contribution in [-0.4, -0.2) is 23.3 Å². The van der Waals surface area contributed by atoms with Crippen molar-refractivity contribution in [2.45, 2.75) is 19.5 Å². The van der Waals surface area contributed by atoms with Gasteiger partial charge in [0.2, 0.25) is 0 Å². The molecule has 3 atom stereocenters. The molecule has 0 aliphatic carbocycles. The first-order chi connectivity index (χ1) is 5.13. The molecule has 0 aliphatic rings. The Balaban J connectivity index is 0. The maximum Gasteiger partial charge on any atom is 0.194 e. The summed E-state index contributed by atoms with van der Waals surface area (Å²) in [5.41, 5.74) is -0.0602. The molecule has 5 heteroatoms. The quantitative estimate of drug-likeness (QED) is 0.561. The summed E-state index contributed by atoms with van der Waals surface area (Å²) in [5.74, 6) is -0.220. The summed E-state index contributed by atoms with van der Waals surface area (Å²) in [6.45, 7) is 5.14. The second-order valence-electron chi connectivity index (χ2n) is 2.43. The van der Waals surface area contributed by atoms with Gasteiger partial charge < -0.3 is 10.4 Å². The molecule has 3 nitrogen and oxygen atoms in total. The number of amides is 1. The fourth-order valence-corrected chi connectivity index (χ4v) is 0.801. The van der Waals surface area contributed by atoms with Crippen LogP contribution in [0.1, 0.15) is 13.8 Å². The molecule has 2 N–H and O–H groups in total. The molecule has 0 bridgehead atoms. The van der Waals surface area contributed by atoms with Crippen molar-refractivity contribution >= 4 is 15.1 Å². The average Bonchev–Trinajstić information content (AvgIpc) is 2.02. The molecule has 0 aromatic heterocycles. The van der Waals surface area contributed by atoms with Crippen molar-refractivity contribution in [3.63, 3.8) is 0 Å². The molecular weight excluding hydrogens is 250 g/mol. The largest absolute Gasteiger partial charge is 0.506 e. The number of rotatable bonds is 4. The van der Waals surface area contributed by atoms with E-state index >= 15 is 0 Å². The third kappa shape index (κ3) is 5.58. The van der Waals surface area contributed by atoms with E-state index < -0.39 is 0 Å². The zero-order valence-corrected chi connectivity index (χ0v) is 11.4. The molecule has 0 heterocycles. The van der Waals surface area contributed by atoms with Crippen LogP contribution in [0.2, 0.25) is 0 Å². The first-order valence-electron chi connectivity index (χ1n) is 3.58. The normalized spacial score (nSPS) is 14.3. The fourth-order valence-electron chi connectivity index (χ4n) is 0.626. The summed E-state index contributed by atoms with van der Waals surface area (Å²) in [6, 6.07) is 0. The van der Waals surface area contributed by atoms with Crippen LogP contribution in [0.15, 0.2) is 0 Å². The van der Waals surface area contributed by atoms with Gasteiger partial charge in [0.15, 0.2) is 5.91 Å². The second-order valence-corrected chi connectivity index (χ2v) is 3.29. The Hall–Kier alpha value is 0.964. The van der Waals surface area contributed by atoms with E-state index in [1.807, 2.05) is 0 Å². The Morgan fingerprint density at radius 1 is 1.75 bits per heavy atom. The number of carbonyl (C=O) groups excluding carboxylic acids is 1. The Bertz CT molecular complexity index is 135. The number of aliphatic hydroxyl groups excluding tert-OH is 1. The maximum atomic E-state index is 11.1. The SMILES string of the molecule is C[CH-]NC(=O)C(C)C(P)CO.[Y]. The Labute approximate surface area is 101 Å². The van der Waals surface area contributed by atoms with E-state index in [1.165, 1.54) is 0 Å². The van der Waals surface area contributed by atoms with Gasteiger partial charge >= 0.3 is 0 Å². The minimum Gasteiger partial charge on any atom is -0.506 e. The van der Waals surface area contributed by atoms with Crippen molar-refractivity contribution in [2.24, 2.45) is 5.92 Å². The summed E-state index contributed by atoms with van der Waals surface area (Å²) in [6.07, 6.45) is 0. The van der Waals surface area contributed by atoms with E-state index in [0.717, 1.165) is 0 Å². The van der Waals surface area contributed by atoms with Gasteiger partial charge in [0.25, 0.3) is 0 Å². The number of aliphatic hydroxyl groups is 1. The van der Waals surface area contributed by atoms with Crippen molar-refractivity contribution in [1.82, 2.24) is 5.32 Å². The minimum absolute atomic E-state index is 0. The molecule has 69 valence electrons. The predicted octanol–water partition coefficient (Wildman–Crippen LogP) is 0.154. The van der Waals surface area contributed by atoms with Crippen molar-refractivity contribution in [3.05, 3.63) is 6.54 Å². The Morgan fingerprint density at radius 2 is 2.25 bits per heavy atom. The van der Waals surface area contributed by atoms with Crippen LogP contribution >= 0.6 is 9.24 Å². The van der Waals surface area contributed by atoms with Gasteiger partial charge in [-0.2, -0.15) is 6.92 Å². The smallest absolute Gasteiger partial charge is 0.194 e. The van der Waals surface area contributed by atoms with E-state index in [9.17, 15) is 4.79 Å². The first-order valence-corrected chi connectivity index (χ1v) is 4.24. The molecule has 0 saturated heterocycles. The molecule has 0 aromatic carbocycles. The van der Waals surface area contributed by atoms with Crippen LogP contribution in [0.25, 0.3) is 0 Å². The predicted molar refractivity (Wildman–Crippen MR) is 47.9 cm³/mol. The van der Waals surface area contributed by atoms with Crippen molar-refractivity contribution in [2.75, 3.05) is 6.61 Å². The van der Waals surface area contributed by atoms with Crippen LogP contribution in [0.4, 0.5) is 0 Å². The van der Waals surface area contributed by atoms with Crippen molar-refractivity contribution < 1.29 is 42.6 Å². The van der Waals surface area contributed by atoms with Crippen LogP contribution in [-0.2, 0) is 37.5 Å². The maximum absolute atomic E-state index is 11.1. The molecule has 3 unspecified atom stereocenters. The van der Waals surface area contributed by atoms with E-state index in [4.69, 9.17) is 5.11 Å². The van der Waals surface area contributed by atoms with Gasteiger partial charge in [0, 0.05) is 44.3 Å². The summed E-state index contributed by atoms with van der Waals surface area (Å²) < 4.78 is 0. The summed E-state index contributed by atoms with van der Waals surface area (Å²) in [7, 11) is 2.44. The Morgan fingerprint density at radius 3 is 2.58 bits per heavy atom. The van der Waals surface area contributed by atoms with Gasteiger partial charge in [0.1, 0.15) is 0 Å². The number of carbonyl (C=O) groups is 1. The standard InChI is InChI=1S/C7H15NO2P.Y/c1-3-8-7(10)5(2)6(11)4-9;/h3,5-6,9H,4,11H2,1-2H3,(H,8,10);/q-1;. The van der Waals surface area contributed by atoms with Crippen molar-refractivity contribution in [3.8, 4) is 0 Å². The van der Waals surface area contributed by atoms with Gasteiger partial charge in [-0.1, -0.05) is 6.92 Å². The number of hydrogen-bond donors (Lipinski definition) is 2. The van der Waals surface area contributed by atoms with Gasteiger partial charge in [-0.05, 0) is 0 Å². The molecular formula is C7H15NO2PY-. The van der Waals surface area contributed by atoms with Crippen LogP contribution < -0.4 is 5.32 Å². The summed E-state index contributed by atoms with van der Waals surface area (Å²) in [4.78, 5) is 11.1. The van der Waals surface area contributed by atoms with E-state index in [1.54, 1.807) is 20.4 Å². The molecule has 0 rings (SSSR count).